The molecule has 0 aliphatic carbocycles. The first-order valence-electron chi connectivity index (χ1n) is 6.93. The van der Waals surface area contributed by atoms with E-state index < -0.39 is 16.1 Å². The smallest absolute Gasteiger partial charge is 0.241 e. The lowest BCUT2D eigenvalue weighted by Gasteiger charge is -2.17. The van der Waals surface area contributed by atoms with Crippen molar-refractivity contribution in [2.45, 2.75) is 10.9 Å². The molecule has 0 saturated carbocycles. The summed E-state index contributed by atoms with van der Waals surface area (Å²) in [6.07, 6.45) is 0. The van der Waals surface area contributed by atoms with Crippen LogP contribution in [0.15, 0.2) is 41.3 Å². The molecular weight excluding hydrogens is 318 g/mol. The predicted octanol–water partition coefficient (Wildman–Crippen LogP) is 2.09. The molecule has 1 N–H and O–H groups in total. The second kappa shape index (κ2) is 5.75. The van der Waals surface area contributed by atoms with Crippen LogP contribution in [-0.4, -0.2) is 29.7 Å². The molecule has 0 aromatic heterocycles. The summed E-state index contributed by atoms with van der Waals surface area (Å²) in [7, 11) is 1.04. The minimum Gasteiger partial charge on any atom is -0.493 e. The van der Waals surface area contributed by atoms with Gasteiger partial charge in [-0.1, -0.05) is 18.2 Å². The molecule has 1 heterocycles. The number of ether oxygens (including phenoxy) is 3. The van der Waals surface area contributed by atoms with Crippen LogP contribution in [0.4, 0.5) is 0 Å². The van der Waals surface area contributed by atoms with E-state index in [1.807, 2.05) is 6.07 Å². The quantitative estimate of drug-likeness (QED) is 0.926. The monoisotopic (exact) mass is 335 g/mol. The topological polar surface area (TPSA) is 73.9 Å². The number of methoxy groups -OCH3 is 3. The molecule has 1 aliphatic rings. The van der Waals surface area contributed by atoms with Gasteiger partial charge >= 0.3 is 0 Å². The first-order valence-corrected chi connectivity index (χ1v) is 8.41. The molecule has 0 radical (unpaired) electrons. The van der Waals surface area contributed by atoms with Crippen molar-refractivity contribution in [1.29, 1.82) is 0 Å². The van der Waals surface area contributed by atoms with Crippen LogP contribution < -0.4 is 18.9 Å². The van der Waals surface area contributed by atoms with Gasteiger partial charge in [0.2, 0.25) is 15.8 Å². The van der Waals surface area contributed by atoms with Crippen LogP contribution in [0.1, 0.15) is 17.2 Å². The molecule has 0 spiro atoms. The first-order chi connectivity index (χ1) is 11.0. The highest BCUT2D eigenvalue weighted by molar-refractivity contribution is 7.89. The Morgan fingerprint density at radius 1 is 0.957 bits per heavy atom. The van der Waals surface area contributed by atoms with Crippen molar-refractivity contribution in [1.82, 2.24) is 4.72 Å². The number of nitrogens with one attached hydrogen (secondary N) is 1. The molecule has 1 atom stereocenters. The Bertz CT molecular complexity index is 822. The summed E-state index contributed by atoms with van der Waals surface area (Å²) in [6, 6.07) is 9.90. The Hall–Kier alpha value is -2.25. The summed E-state index contributed by atoms with van der Waals surface area (Å²) in [5.41, 5.74) is 1.41. The Morgan fingerprint density at radius 3 is 2.13 bits per heavy atom. The molecule has 0 saturated heterocycles. The lowest BCUT2D eigenvalue weighted by atomic mass is 9.99. The van der Waals surface area contributed by atoms with Crippen molar-refractivity contribution < 1.29 is 22.6 Å². The van der Waals surface area contributed by atoms with Crippen molar-refractivity contribution in [2.75, 3.05) is 21.3 Å². The summed E-state index contributed by atoms with van der Waals surface area (Å²) in [4.78, 5) is 0.291. The molecule has 6 nitrogen and oxygen atoms in total. The van der Waals surface area contributed by atoms with E-state index in [0.717, 1.165) is 0 Å². The number of fused-ring (bicyclic) bond motifs is 1. The third-order valence-electron chi connectivity index (χ3n) is 3.81. The van der Waals surface area contributed by atoms with Gasteiger partial charge < -0.3 is 14.2 Å². The average molecular weight is 335 g/mol. The van der Waals surface area contributed by atoms with E-state index in [2.05, 4.69) is 4.72 Å². The Labute approximate surface area is 135 Å². The van der Waals surface area contributed by atoms with E-state index in [-0.39, 0.29) is 0 Å². The van der Waals surface area contributed by atoms with Crippen LogP contribution in [0.3, 0.4) is 0 Å². The highest BCUT2D eigenvalue weighted by Crippen LogP contribution is 2.43. The lowest BCUT2D eigenvalue weighted by molar-refractivity contribution is 0.323. The Morgan fingerprint density at radius 2 is 1.57 bits per heavy atom. The zero-order valence-electron chi connectivity index (χ0n) is 13.0. The van der Waals surface area contributed by atoms with Crippen molar-refractivity contribution in [2.24, 2.45) is 0 Å². The fourth-order valence-electron chi connectivity index (χ4n) is 2.76. The van der Waals surface area contributed by atoms with Crippen LogP contribution in [0, 0.1) is 0 Å². The second-order valence-electron chi connectivity index (χ2n) is 5.05. The van der Waals surface area contributed by atoms with Gasteiger partial charge in [0.15, 0.2) is 11.5 Å². The minimum atomic E-state index is -3.52. The lowest BCUT2D eigenvalue weighted by Crippen LogP contribution is -2.20. The zero-order chi connectivity index (χ0) is 16.6. The average Bonchev–Trinajstić information content (AvgIpc) is 2.85. The summed E-state index contributed by atoms with van der Waals surface area (Å²) in [5.74, 6) is 1.42. The fraction of sp³-hybridized carbons (Fsp3) is 0.250. The molecule has 23 heavy (non-hydrogen) atoms. The van der Waals surface area contributed by atoms with Gasteiger partial charge in [0, 0.05) is 0 Å². The molecule has 0 amide bonds. The summed E-state index contributed by atoms with van der Waals surface area (Å²) in [5, 5.41) is 0. The second-order valence-corrected chi connectivity index (χ2v) is 6.73. The third kappa shape index (κ3) is 2.51. The van der Waals surface area contributed by atoms with E-state index >= 15 is 0 Å². The van der Waals surface area contributed by atoms with Crippen molar-refractivity contribution >= 4 is 10.0 Å². The van der Waals surface area contributed by atoms with Crippen LogP contribution in [0.25, 0.3) is 0 Å². The van der Waals surface area contributed by atoms with Crippen LogP contribution in [0.2, 0.25) is 0 Å². The molecule has 3 rings (SSSR count). The van der Waals surface area contributed by atoms with Crippen LogP contribution in [-0.2, 0) is 10.0 Å². The number of hydrogen-bond donors (Lipinski definition) is 1. The van der Waals surface area contributed by atoms with E-state index in [1.54, 1.807) is 30.3 Å². The number of rotatable bonds is 4. The number of benzene rings is 2. The maximum Gasteiger partial charge on any atom is 0.241 e. The van der Waals surface area contributed by atoms with Gasteiger partial charge in [-0.15, -0.1) is 0 Å². The van der Waals surface area contributed by atoms with Gasteiger partial charge in [-0.25, -0.2) is 8.42 Å². The van der Waals surface area contributed by atoms with Gasteiger partial charge in [0.05, 0.1) is 32.3 Å². The van der Waals surface area contributed by atoms with Gasteiger partial charge in [-0.2, -0.15) is 4.72 Å². The summed E-state index contributed by atoms with van der Waals surface area (Å²) < 4.78 is 43.2. The van der Waals surface area contributed by atoms with Crippen LogP contribution in [0.5, 0.6) is 17.2 Å². The predicted molar refractivity (Wildman–Crippen MR) is 84.7 cm³/mol. The van der Waals surface area contributed by atoms with Crippen molar-refractivity contribution in [3.63, 3.8) is 0 Å². The molecule has 0 bridgehead atoms. The minimum absolute atomic E-state index is 0.291. The normalized spacial score (nSPS) is 18.3. The first kappa shape index (κ1) is 15.6. The van der Waals surface area contributed by atoms with E-state index in [9.17, 15) is 8.42 Å². The SMILES string of the molecule is COc1cc(C2NS(=O)(=O)c3ccccc32)cc(OC)c1OC. The molecule has 1 aliphatic heterocycles. The largest absolute Gasteiger partial charge is 0.493 e. The molecular formula is C16H17NO5S. The maximum absolute atomic E-state index is 12.3. The summed E-state index contributed by atoms with van der Waals surface area (Å²) >= 11 is 0. The van der Waals surface area contributed by atoms with Gasteiger partial charge in [0.25, 0.3) is 0 Å². The highest BCUT2D eigenvalue weighted by Gasteiger charge is 2.35. The van der Waals surface area contributed by atoms with E-state index in [0.29, 0.717) is 33.3 Å². The van der Waals surface area contributed by atoms with Gasteiger partial charge in [-0.3, -0.25) is 0 Å². The third-order valence-corrected chi connectivity index (χ3v) is 5.31. The van der Waals surface area contributed by atoms with Crippen molar-refractivity contribution in [3.8, 4) is 17.2 Å². The van der Waals surface area contributed by atoms with Crippen molar-refractivity contribution in [3.05, 3.63) is 47.5 Å². The molecule has 122 valence electrons. The Balaban J connectivity index is 2.17. The molecule has 7 heteroatoms. The van der Waals surface area contributed by atoms with E-state index in [4.69, 9.17) is 14.2 Å². The molecule has 1 unspecified atom stereocenters. The van der Waals surface area contributed by atoms with Gasteiger partial charge in [0.1, 0.15) is 0 Å². The maximum atomic E-state index is 12.3. The standard InChI is InChI=1S/C16H17NO5S/c1-20-12-8-10(9-13(21-2)16(12)22-3)15-11-6-4-5-7-14(11)23(18,19)17-15/h4-9,15,17H,1-3H3. The molecule has 2 aromatic carbocycles. The molecule has 2 aromatic rings. The highest BCUT2D eigenvalue weighted by atomic mass is 32.2. The van der Waals surface area contributed by atoms with E-state index in [1.165, 1.54) is 21.3 Å². The summed E-state index contributed by atoms with van der Waals surface area (Å²) in [6.45, 7) is 0. The van der Waals surface area contributed by atoms with Gasteiger partial charge in [-0.05, 0) is 29.3 Å². The zero-order valence-corrected chi connectivity index (χ0v) is 13.8. The number of hydrogen-bond acceptors (Lipinski definition) is 5. The van der Waals surface area contributed by atoms with Crippen LogP contribution >= 0.6 is 0 Å². The number of sulfonamides is 1. The molecule has 0 fully saturated rings. The fourth-order valence-corrected chi connectivity index (χ4v) is 4.22. The Kier molecular flexibility index (Phi) is 3.91.